The average Bonchev–Trinajstić information content (AvgIpc) is 2.92. The fourth-order valence-electron chi connectivity index (χ4n) is 2.35. The highest BCUT2D eigenvalue weighted by molar-refractivity contribution is 6.31. The van der Waals surface area contributed by atoms with Crippen LogP contribution >= 0.6 is 11.6 Å². The number of anilines is 1. The molecule has 0 aromatic heterocycles. The van der Waals surface area contributed by atoms with Crippen LogP contribution < -0.4 is 11.1 Å². The largest absolute Gasteiger partial charge is 0.444 e. The van der Waals surface area contributed by atoms with E-state index in [9.17, 15) is 13.6 Å². The van der Waals surface area contributed by atoms with Crippen molar-refractivity contribution in [1.29, 1.82) is 0 Å². The summed E-state index contributed by atoms with van der Waals surface area (Å²) in [7, 11) is 0. The highest BCUT2D eigenvalue weighted by atomic mass is 35.5. The SMILES string of the molecule is CC(C)(C)OC(=O)Nc1ccc(Cl)c(C2(CN)CC2(F)F)c1. The summed E-state index contributed by atoms with van der Waals surface area (Å²) in [5.74, 6) is -2.88. The van der Waals surface area contributed by atoms with Crippen LogP contribution in [0.1, 0.15) is 32.8 Å². The van der Waals surface area contributed by atoms with Crippen molar-refractivity contribution in [3.05, 3.63) is 28.8 Å². The predicted octanol–water partition coefficient (Wildman–Crippen LogP) is 3.92. The first-order valence-corrected chi connectivity index (χ1v) is 7.26. The second-order valence-corrected chi connectivity index (χ2v) is 6.90. The van der Waals surface area contributed by atoms with Gasteiger partial charge in [0.05, 0.1) is 5.41 Å². The van der Waals surface area contributed by atoms with Crippen LogP contribution in [0.5, 0.6) is 0 Å². The summed E-state index contributed by atoms with van der Waals surface area (Å²) >= 11 is 6.04. The fraction of sp³-hybridized carbons (Fsp3) is 0.533. The molecule has 122 valence electrons. The van der Waals surface area contributed by atoms with E-state index in [1.165, 1.54) is 18.2 Å². The fourth-order valence-corrected chi connectivity index (χ4v) is 2.65. The highest BCUT2D eigenvalue weighted by Gasteiger charge is 2.71. The van der Waals surface area contributed by atoms with Crippen molar-refractivity contribution in [2.45, 2.75) is 44.1 Å². The lowest BCUT2D eigenvalue weighted by molar-refractivity contribution is 0.0636. The Hall–Kier alpha value is -1.40. The Morgan fingerprint density at radius 1 is 1.45 bits per heavy atom. The van der Waals surface area contributed by atoms with E-state index >= 15 is 0 Å². The standard InChI is InChI=1S/C15H19ClF2N2O2/c1-13(2,3)22-12(21)20-9-4-5-11(16)10(6-9)14(8-19)7-15(14,17)18/h4-6H,7-8,19H2,1-3H3,(H,20,21). The summed E-state index contributed by atoms with van der Waals surface area (Å²) in [6, 6.07) is 4.43. The van der Waals surface area contributed by atoms with Gasteiger partial charge in [-0.2, -0.15) is 0 Å². The van der Waals surface area contributed by atoms with Gasteiger partial charge >= 0.3 is 6.09 Å². The molecule has 4 nitrogen and oxygen atoms in total. The summed E-state index contributed by atoms with van der Waals surface area (Å²) in [5.41, 5.74) is 4.01. The molecule has 2 rings (SSSR count). The maximum atomic E-state index is 13.7. The quantitative estimate of drug-likeness (QED) is 0.881. The van der Waals surface area contributed by atoms with E-state index in [4.69, 9.17) is 22.1 Å². The molecule has 1 aromatic rings. The normalized spacial score (nSPS) is 23.0. The van der Waals surface area contributed by atoms with Gasteiger partial charge in [-0.05, 0) is 44.5 Å². The molecule has 1 aliphatic carbocycles. The predicted molar refractivity (Wildman–Crippen MR) is 81.6 cm³/mol. The number of rotatable bonds is 3. The van der Waals surface area contributed by atoms with Gasteiger partial charge in [0.15, 0.2) is 0 Å². The molecule has 1 fully saturated rings. The van der Waals surface area contributed by atoms with Gasteiger partial charge in [0.25, 0.3) is 5.92 Å². The smallest absolute Gasteiger partial charge is 0.412 e. The van der Waals surface area contributed by atoms with Crippen molar-refractivity contribution in [3.63, 3.8) is 0 Å². The van der Waals surface area contributed by atoms with Gasteiger partial charge in [0.1, 0.15) is 5.60 Å². The van der Waals surface area contributed by atoms with Gasteiger partial charge in [-0.3, -0.25) is 5.32 Å². The maximum Gasteiger partial charge on any atom is 0.412 e. The first kappa shape index (κ1) is 17.0. The van der Waals surface area contributed by atoms with Crippen molar-refractivity contribution in [2.24, 2.45) is 5.73 Å². The Labute approximate surface area is 133 Å². The van der Waals surface area contributed by atoms with Gasteiger partial charge in [-0.1, -0.05) is 11.6 Å². The molecule has 3 N–H and O–H groups in total. The number of hydrogen-bond acceptors (Lipinski definition) is 3. The van der Waals surface area contributed by atoms with Crippen LogP contribution in [0, 0.1) is 0 Å². The molecule has 1 atom stereocenters. The molecule has 1 saturated carbocycles. The average molecular weight is 333 g/mol. The first-order valence-electron chi connectivity index (χ1n) is 6.89. The van der Waals surface area contributed by atoms with Crippen LogP contribution in [0.15, 0.2) is 18.2 Å². The van der Waals surface area contributed by atoms with Crippen LogP contribution in [0.2, 0.25) is 5.02 Å². The molecule has 0 radical (unpaired) electrons. The lowest BCUT2D eigenvalue weighted by Crippen LogP contribution is -2.28. The number of carbonyl (C=O) groups is 1. The minimum absolute atomic E-state index is 0.206. The third-order valence-corrected chi connectivity index (χ3v) is 3.90. The molecular formula is C15H19ClF2N2O2. The number of benzene rings is 1. The topological polar surface area (TPSA) is 64.3 Å². The van der Waals surface area contributed by atoms with E-state index < -0.39 is 23.0 Å². The van der Waals surface area contributed by atoms with E-state index in [1.54, 1.807) is 20.8 Å². The Bertz CT molecular complexity index is 602. The van der Waals surface area contributed by atoms with E-state index in [2.05, 4.69) is 5.32 Å². The molecular weight excluding hydrogens is 314 g/mol. The number of hydrogen-bond donors (Lipinski definition) is 2. The monoisotopic (exact) mass is 332 g/mol. The van der Waals surface area contributed by atoms with Crippen LogP contribution in [0.4, 0.5) is 19.3 Å². The van der Waals surface area contributed by atoms with E-state index in [0.717, 1.165) is 0 Å². The summed E-state index contributed by atoms with van der Waals surface area (Å²) in [5, 5.41) is 2.72. The van der Waals surface area contributed by atoms with Crippen molar-refractivity contribution in [2.75, 3.05) is 11.9 Å². The van der Waals surface area contributed by atoms with Crippen molar-refractivity contribution >= 4 is 23.4 Å². The second kappa shape index (κ2) is 5.35. The number of alkyl halides is 2. The zero-order valence-electron chi connectivity index (χ0n) is 12.7. The molecule has 0 bridgehead atoms. The summed E-state index contributed by atoms with van der Waals surface area (Å²) in [4.78, 5) is 11.7. The van der Waals surface area contributed by atoms with E-state index in [-0.39, 0.29) is 23.6 Å². The lowest BCUT2D eigenvalue weighted by Gasteiger charge is -2.21. The summed E-state index contributed by atoms with van der Waals surface area (Å²) < 4.78 is 32.5. The van der Waals surface area contributed by atoms with Crippen LogP contribution in [-0.2, 0) is 10.2 Å². The van der Waals surface area contributed by atoms with Gasteiger partial charge in [0.2, 0.25) is 0 Å². The number of carbonyl (C=O) groups excluding carboxylic acids is 1. The molecule has 0 saturated heterocycles. The Balaban J connectivity index is 2.23. The van der Waals surface area contributed by atoms with E-state index in [0.29, 0.717) is 5.69 Å². The number of ether oxygens (including phenoxy) is 1. The second-order valence-electron chi connectivity index (χ2n) is 6.49. The van der Waals surface area contributed by atoms with Crippen LogP contribution in [0.3, 0.4) is 0 Å². The Kier molecular flexibility index (Phi) is 4.13. The molecule has 1 amide bonds. The number of nitrogens with two attached hydrogens (primary N) is 1. The molecule has 0 heterocycles. The molecule has 22 heavy (non-hydrogen) atoms. The summed E-state index contributed by atoms with van der Waals surface area (Å²) in [6.07, 6.45) is -1.00. The minimum atomic E-state index is -2.88. The molecule has 0 aliphatic heterocycles. The van der Waals surface area contributed by atoms with Gasteiger partial charge < -0.3 is 10.5 Å². The third kappa shape index (κ3) is 3.17. The molecule has 7 heteroatoms. The molecule has 0 spiro atoms. The van der Waals surface area contributed by atoms with Crippen molar-refractivity contribution in [1.82, 2.24) is 0 Å². The molecule has 1 unspecified atom stereocenters. The van der Waals surface area contributed by atoms with Gasteiger partial charge in [-0.15, -0.1) is 0 Å². The highest BCUT2D eigenvalue weighted by Crippen LogP contribution is 2.62. The lowest BCUT2D eigenvalue weighted by atomic mass is 9.94. The van der Waals surface area contributed by atoms with Gasteiger partial charge in [0, 0.05) is 23.7 Å². The number of nitrogens with one attached hydrogen (secondary N) is 1. The van der Waals surface area contributed by atoms with Crippen molar-refractivity contribution in [3.8, 4) is 0 Å². The van der Waals surface area contributed by atoms with Gasteiger partial charge in [-0.25, -0.2) is 13.6 Å². The van der Waals surface area contributed by atoms with Crippen LogP contribution in [0.25, 0.3) is 0 Å². The first-order chi connectivity index (χ1) is 10.0. The minimum Gasteiger partial charge on any atom is -0.444 e. The molecule has 1 aromatic carbocycles. The zero-order chi connectivity index (χ0) is 16.8. The third-order valence-electron chi connectivity index (χ3n) is 3.57. The Morgan fingerprint density at radius 2 is 2.05 bits per heavy atom. The Morgan fingerprint density at radius 3 is 2.50 bits per heavy atom. The van der Waals surface area contributed by atoms with Crippen molar-refractivity contribution < 1.29 is 18.3 Å². The number of amides is 1. The summed E-state index contributed by atoms with van der Waals surface area (Å²) in [6.45, 7) is 4.98. The van der Waals surface area contributed by atoms with E-state index in [1.807, 2.05) is 0 Å². The molecule has 1 aliphatic rings. The number of halogens is 3. The van der Waals surface area contributed by atoms with Crippen LogP contribution in [-0.4, -0.2) is 24.2 Å². The zero-order valence-corrected chi connectivity index (χ0v) is 13.4. The maximum absolute atomic E-state index is 13.7.